The van der Waals surface area contributed by atoms with Crippen molar-refractivity contribution in [3.63, 3.8) is 0 Å². The van der Waals surface area contributed by atoms with Gasteiger partial charge in [-0.3, -0.25) is 0 Å². The number of benzene rings is 10. The van der Waals surface area contributed by atoms with E-state index in [1.807, 2.05) is 0 Å². The van der Waals surface area contributed by atoms with Crippen LogP contribution in [0.1, 0.15) is 11.1 Å². The van der Waals surface area contributed by atoms with Crippen molar-refractivity contribution >= 4 is 47.7 Å². The van der Waals surface area contributed by atoms with Crippen LogP contribution in [0, 0.1) is 13.8 Å². The number of aryl methyl sites for hydroxylation is 2. The third-order valence-corrected chi connectivity index (χ3v) is 17.4. The van der Waals surface area contributed by atoms with Crippen molar-refractivity contribution in [1.29, 1.82) is 0 Å². The minimum Gasteiger partial charge on any atom is -0.0622 e. The van der Waals surface area contributed by atoms with Crippen LogP contribution in [-0.2, 0) is 20.4 Å². The van der Waals surface area contributed by atoms with Gasteiger partial charge in [-0.05, 0) is 120 Å². The van der Waals surface area contributed by atoms with E-state index < -0.39 is 15.8 Å². The van der Waals surface area contributed by atoms with Crippen molar-refractivity contribution < 1.29 is 20.4 Å². The fourth-order valence-electron chi connectivity index (χ4n) is 8.82. The summed E-state index contributed by atoms with van der Waals surface area (Å²) < 4.78 is 0. The van der Waals surface area contributed by atoms with Crippen molar-refractivity contribution in [1.82, 2.24) is 0 Å². The van der Waals surface area contributed by atoms with E-state index in [1.165, 1.54) is 87.5 Å². The zero-order valence-corrected chi connectivity index (χ0v) is 40.3. The molecule has 0 bridgehead atoms. The average molecular weight is 965 g/mol. The standard InChI is InChI=1S/2C31H25P.Pd/c2*1-24-22-29(25-14-6-2-7-15-25)31(30(23-24)26-16-8-3-9-17-26)32(27-18-10-4-11-19-27)28-20-12-5-13-21-28;/h2*2-23H,1H3;/p+2. The number of rotatable bonds is 10. The Morgan fingerprint density at radius 2 is 0.400 bits per heavy atom. The van der Waals surface area contributed by atoms with E-state index in [1.54, 1.807) is 0 Å². The van der Waals surface area contributed by atoms with E-state index in [9.17, 15) is 0 Å². The topological polar surface area (TPSA) is 0 Å². The Bertz CT molecular complexity index is 2610. The number of hydrogen-bond acceptors (Lipinski definition) is 0. The molecule has 0 saturated carbocycles. The molecule has 0 spiro atoms. The fraction of sp³-hybridized carbons (Fsp3) is 0.0323. The van der Waals surface area contributed by atoms with Gasteiger partial charge in [0.25, 0.3) is 0 Å². The van der Waals surface area contributed by atoms with Crippen LogP contribution >= 0.6 is 15.8 Å². The fourth-order valence-corrected chi connectivity index (χ4v) is 14.7. The van der Waals surface area contributed by atoms with Gasteiger partial charge in [-0.25, -0.2) is 0 Å². The van der Waals surface area contributed by atoms with Gasteiger partial charge in [0.15, 0.2) is 0 Å². The maximum Gasteiger partial charge on any atom is 0.117 e. The molecule has 3 heteroatoms. The molecule has 10 aromatic rings. The second-order valence-corrected chi connectivity index (χ2v) is 21.0. The molecular weight excluding hydrogens is 913 g/mol. The van der Waals surface area contributed by atoms with E-state index in [4.69, 9.17) is 0 Å². The van der Waals surface area contributed by atoms with Crippen molar-refractivity contribution in [2.75, 3.05) is 0 Å². The molecule has 0 aliphatic carbocycles. The Labute approximate surface area is 401 Å². The van der Waals surface area contributed by atoms with Crippen molar-refractivity contribution in [2.24, 2.45) is 0 Å². The van der Waals surface area contributed by atoms with Gasteiger partial charge in [-0.2, -0.15) is 0 Å². The van der Waals surface area contributed by atoms with Gasteiger partial charge in [-0.15, -0.1) is 0 Å². The summed E-state index contributed by atoms with van der Waals surface area (Å²) in [6.07, 6.45) is 0. The van der Waals surface area contributed by atoms with Crippen LogP contribution in [-0.4, -0.2) is 0 Å². The van der Waals surface area contributed by atoms with E-state index in [-0.39, 0.29) is 20.4 Å². The van der Waals surface area contributed by atoms with Crippen LogP contribution in [0.3, 0.4) is 0 Å². The predicted octanol–water partition coefficient (Wildman–Crippen LogP) is 13.6. The minimum absolute atomic E-state index is 0. The molecule has 0 fully saturated rings. The first kappa shape index (κ1) is 45.3. The van der Waals surface area contributed by atoms with Crippen LogP contribution in [0.2, 0.25) is 0 Å². The van der Waals surface area contributed by atoms with Gasteiger partial charge in [0.2, 0.25) is 0 Å². The molecule has 0 radical (unpaired) electrons. The molecule has 10 aromatic carbocycles. The molecule has 0 saturated heterocycles. The van der Waals surface area contributed by atoms with Gasteiger partial charge in [-0.1, -0.05) is 194 Å². The normalized spacial score (nSPS) is 10.8. The Morgan fingerprint density at radius 3 is 0.585 bits per heavy atom. The summed E-state index contributed by atoms with van der Waals surface area (Å²) in [5.74, 6) is 0. The van der Waals surface area contributed by atoms with Crippen LogP contribution in [0.25, 0.3) is 44.5 Å². The first-order chi connectivity index (χ1) is 31.6. The maximum absolute atomic E-state index is 2.37. The van der Waals surface area contributed by atoms with E-state index in [2.05, 4.69) is 281 Å². The summed E-state index contributed by atoms with van der Waals surface area (Å²) in [5, 5.41) is 8.53. The third kappa shape index (κ3) is 10.7. The van der Waals surface area contributed by atoms with Gasteiger partial charge in [0.05, 0.1) is 15.8 Å². The smallest absolute Gasteiger partial charge is 0.0622 e. The average Bonchev–Trinajstić information content (AvgIpc) is 3.37. The second-order valence-electron chi connectivity index (χ2n) is 16.1. The molecule has 318 valence electrons. The molecule has 0 heterocycles. The molecule has 0 aliphatic heterocycles. The summed E-state index contributed by atoms with van der Waals surface area (Å²) in [5.41, 5.74) is 13.0. The van der Waals surface area contributed by atoms with Crippen LogP contribution in [0.5, 0.6) is 0 Å². The largest absolute Gasteiger partial charge is 0.117 e. The van der Waals surface area contributed by atoms with Gasteiger partial charge in [0.1, 0.15) is 31.8 Å². The summed E-state index contributed by atoms with van der Waals surface area (Å²) in [7, 11) is -2.49. The third-order valence-electron chi connectivity index (χ3n) is 11.7. The second kappa shape index (κ2) is 22.1. The molecule has 0 aromatic heterocycles. The first-order valence-electron chi connectivity index (χ1n) is 22.1. The van der Waals surface area contributed by atoms with Gasteiger partial charge in [0, 0.05) is 42.7 Å². The van der Waals surface area contributed by atoms with Crippen LogP contribution in [0.4, 0.5) is 0 Å². The summed E-state index contributed by atoms with van der Waals surface area (Å²) in [6.45, 7) is 4.42. The zero-order valence-electron chi connectivity index (χ0n) is 36.7. The minimum atomic E-state index is -1.25. The van der Waals surface area contributed by atoms with E-state index in [0.29, 0.717) is 0 Å². The quantitative estimate of drug-likeness (QED) is 0.0946. The molecule has 65 heavy (non-hydrogen) atoms. The Hall–Kier alpha value is -6.28. The van der Waals surface area contributed by atoms with Gasteiger partial charge >= 0.3 is 0 Å². The Balaban J connectivity index is 0.000000175. The first-order valence-corrected chi connectivity index (χ1v) is 25.1. The predicted molar refractivity (Wildman–Crippen MR) is 284 cm³/mol. The summed E-state index contributed by atoms with van der Waals surface area (Å²) >= 11 is 0. The van der Waals surface area contributed by atoms with Crippen molar-refractivity contribution in [3.8, 4) is 44.5 Å². The number of hydrogen-bond donors (Lipinski definition) is 0. The zero-order chi connectivity index (χ0) is 43.5. The summed E-state index contributed by atoms with van der Waals surface area (Å²) in [4.78, 5) is 0. The molecule has 0 atom stereocenters. The maximum atomic E-state index is 2.37. The SMILES string of the molecule is Cc1cc(-c2ccccc2)c([PH+](c2ccccc2)c2ccccc2)c(-c2ccccc2)c1.Cc1cc(-c2ccccc2)c([PH+](c2ccccc2)c2ccccc2)c(-c2ccccc2)c1.[Pd]. The van der Waals surface area contributed by atoms with Crippen molar-refractivity contribution in [3.05, 3.63) is 278 Å². The molecule has 0 nitrogen and oxygen atoms in total. The summed E-state index contributed by atoms with van der Waals surface area (Å²) in [6, 6.07) is 97.0. The molecule has 0 amide bonds. The molecule has 0 aliphatic rings. The Morgan fingerprint density at radius 1 is 0.231 bits per heavy atom. The molecule has 10 rings (SSSR count). The molecule has 0 unspecified atom stereocenters. The van der Waals surface area contributed by atoms with Gasteiger partial charge < -0.3 is 0 Å². The molecular formula is C62H52P2Pd+2. The monoisotopic (exact) mass is 964 g/mol. The van der Waals surface area contributed by atoms with Crippen LogP contribution < -0.4 is 31.8 Å². The molecule has 0 N–H and O–H groups in total. The van der Waals surface area contributed by atoms with Crippen LogP contribution in [0.15, 0.2) is 267 Å². The Kier molecular flexibility index (Phi) is 15.4. The van der Waals surface area contributed by atoms with E-state index >= 15 is 0 Å². The van der Waals surface area contributed by atoms with Crippen molar-refractivity contribution in [2.45, 2.75) is 13.8 Å². The van der Waals surface area contributed by atoms with E-state index in [0.717, 1.165) is 0 Å².